The van der Waals surface area contributed by atoms with Crippen LogP contribution in [0.15, 0.2) is 23.1 Å². The third-order valence-corrected chi connectivity index (χ3v) is 7.09. The molecule has 1 aliphatic rings. The Balaban J connectivity index is 1.87. The second kappa shape index (κ2) is 6.66. The van der Waals surface area contributed by atoms with E-state index in [0.29, 0.717) is 18.5 Å². The minimum absolute atomic E-state index is 0.0739. The SMILES string of the molecule is Cc1ccc(C)c(S(=O)(=O)NCCN[C@H]2CCS(=O)(=O)C2)c1. The molecule has 0 saturated carbocycles. The van der Waals surface area contributed by atoms with Crippen LogP contribution in [0.1, 0.15) is 17.5 Å². The Labute approximate surface area is 132 Å². The number of nitrogens with one attached hydrogen (secondary N) is 2. The van der Waals surface area contributed by atoms with Gasteiger partial charge in [-0.05, 0) is 37.5 Å². The Morgan fingerprint density at radius 1 is 1.23 bits per heavy atom. The number of rotatable bonds is 6. The van der Waals surface area contributed by atoms with E-state index in [1.54, 1.807) is 19.1 Å². The van der Waals surface area contributed by atoms with Crippen LogP contribution in [-0.2, 0) is 19.9 Å². The largest absolute Gasteiger partial charge is 0.312 e. The molecular formula is C14H22N2O4S2. The van der Waals surface area contributed by atoms with Crippen molar-refractivity contribution in [3.8, 4) is 0 Å². The van der Waals surface area contributed by atoms with Crippen molar-refractivity contribution in [3.05, 3.63) is 29.3 Å². The van der Waals surface area contributed by atoms with Crippen molar-refractivity contribution >= 4 is 19.9 Å². The van der Waals surface area contributed by atoms with E-state index in [-0.39, 0.29) is 29.0 Å². The van der Waals surface area contributed by atoms with Crippen LogP contribution >= 0.6 is 0 Å². The van der Waals surface area contributed by atoms with Crippen LogP contribution in [0.5, 0.6) is 0 Å². The van der Waals surface area contributed by atoms with Crippen LogP contribution in [0.25, 0.3) is 0 Å². The Hall–Kier alpha value is -0.960. The molecular weight excluding hydrogens is 324 g/mol. The molecule has 1 fully saturated rings. The molecule has 0 radical (unpaired) electrons. The van der Waals surface area contributed by atoms with Gasteiger partial charge in [0.1, 0.15) is 0 Å². The van der Waals surface area contributed by atoms with Crippen molar-refractivity contribution in [2.75, 3.05) is 24.6 Å². The van der Waals surface area contributed by atoms with Gasteiger partial charge < -0.3 is 5.32 Å². The molecule has 2 rings (SSSR count). The van der Waals surface area contributed by atoms with Crippen molar-refractivity contribution in [1.29, 1.82) is 0 Å². The summed E-state index contributed by atoms with van der Waals surface area (Å²) in [7, 11) is -6.46. The van der Waals surface area contributed by atoms with Crippen molar-refractivity contribution < 1.29 is 16.8 Å². The summed E-state index contributed by atoms with van der Waals surface area (Å²) in [5, 5.41) is 3.08. The number of sulfonamides is 1. The highest BCUT2D eigenvalue weighted by atomic mass is 32.2. The molecule has 6 nitrogen and oxygen atoms in total. The highest BCUT2D eigenvalue weighted by molar-refractivity contribution is 7.91. The van der Waals surface area contributed by atoms with E-state index in [0.717, 1.165) is 5.56 Å². The van der Waals surface area contributed by atoms with Gasteiger partial charge in [-0.2, -0.15) is 0 Å². The summed E-state index contributed by atoms with van der Waals surface area (Å²) >= 11 is 0. The van der Waals surface area contributed by atoms with Crippen LogP contribution in [0, 0.1) is 13.8 Å². The molecule has 0 aromatic heterocycles. The first kappa shape index (κ1) is 17.4. The van der Waals surface area contributed by atoms with E-state index in [4.69, 9.17) is 0 Å². The topological polar surface area (TPSA) is 92.3 Å². The second-order valence-electron chi connectivity index (χ2n) is 5.72. The Morgan fingerprint density at radius 2 is 1.95 bits per heavy atom. The third-order valence-electron chi connectivity index (χ3n) is 3.72. The van der Waals surface area contributed by atoms with Gasteiger partial charge in [-0.1, -0.05) is 12.1 Å². The van der Waals surface area contributed by atoms with E-state index in [1.165, 1.54) is 0 Å². The van der Waals surface area contributed by atoms with Gasteiger partial charge in [0.2, 0.25) is 10.0 Å². The average Bonchev–Trinajstić information content (AvgIpc) is 2.77. The standard InChI is InChI=1S/C14H22N2O4S2/c1-11-3-4-12(2)14(9-11)22(19,20)16-7-6-15-13-5-8-21(17,18)10-13/h3-4,9,13,15-16H,5-8,10H2,1-2H3/t13-/m0/s1. The van der Waals surface area contributed by atoms with Crippen LogP contribution < -0.4 is 10.0 Å². The summed E-state index contributed by atoms with van der Waals surface area (Å²) in [5.74, 6) is 0.343. The molecule has 1 aliphatic heterocycles. The Bertz CT molecular complexity index is 742. The number of benzene rings is 1. The fraction of sp³-hybridized carbons (Fsp3) is 0.571. The first-order valence-electron chi connectivity index (χ1n) is 7.20. The zero-order valence-electron chi connectivity index (χ0n) is 12.8. The maximum atomic E-state index is 12.3. The first-order valence-corrected chi connectivity index (χ1v) is 10.5. The normalized spacial score (nSPS) is 21.1. The average molecular weight is 346 g/mol. The molecule has 0 amide bonds. The fourth-order valence-corrected chi connectivity index (χ4v) is 5.56. The summed E-state index contributed by atoms with van der Waals surface area (Å²) < 4.78 is 49.8. The van der Waals surface area contributed by atoms with Crippen molar-refractivity contribution in [1.82, 2.24) is 10.0 Å². The van der Waals surface area contributed by atoms with E-state index in [9.17, 15) is 16.8 Å². The van der Waals surface area contributed by atoms with E-state index in [1.807, 2.05) is 13.0 Å². The Morgan fingerprint density at radius 3 is 2.59 bits per heavy atom. The van der Waals surface area contributed by atoms with Crippen molar-refractivity contribution in [3.63, 3.8) is 0 Å². The second-order valence-corrected chi connectivity index (χ2v) is 9.68. The lowest BCUT2D eigenvalue weighted by Crippen LogP contribution is -2.37. The minimum Gasteiger partial charge on any atom is -0.312 e. The molecule has 1 heterocycles. The third kappa shape index (κ3) is 4.52. The molecule has 1 saturated heterocycles. The molecule has 1 aromatic carbocycles. The van der Waals surface area contributed by atoms with Gasteiger partial charge in [-0.15, -0.1) is 0 Å². The highest BCUT2D eigenvalue weighted by Crippen LogP contribution is 2.16. The van der Waals surface area contributed by atoms with Gasteiger partial charge in [0, 0.05) is 19.1 Å². The quantitative estimate of drug-likeness (QED) is 0.726. The lowest BCUT2D eigenvalue weighted by molar-refractivity contribution is 0.542. The number of hydrogen-bond acceptors (Lipinski definition) is 5. The van der Waals surface area contributed by atoms with Crippen LogP contribution in [0.4, 0.5) is 0 Å². The molecule has 8 heteroatoms. The summed E-state index contributed by atoms with van der Waals surface area (Å²) in [6.45, 7) is 4.24. The van der Waals surface area contributed by atoms with E-state index in [2.05, 4.69) is 10.0 Å². The van der Waals surface area contributed by atoms with Gasteiger partial charge in [0.15, 0.2) is 9.84 Å². The van der Waals surface area contributed by atoms with Gasteiger partial charge in [-0.3, -0.25) is 0 Å². The lowest BCUT2D eigenvalue weighted by atomic mass is 10.2. The summed E-state index contributed by atoms with van der Waals surface area (Å²) in [6.07, 6.45) is 0.589. The molecule has 1 aromatic rings. The van der Waals surface area contributed by atoms with Crippen LogP contribution in [-0.4, -0.2) is 47.5 Å². The molecule has 1 atom stereocenters. The molecule has 0 aliphatic carbocycles. The van der Waals surface area contributed by atoms with E-state index >= 15 is 0 Å². The van der Waals surface area contributed by atoms with Crippen LogP contribution in [0.2, 0.25) is 0 Å². The molecule has 2 N–H and O–H groups in total. The van der Waals surface area contributed by atoms with Crippen LogP contribution in [0.3, 0.4) is 0 Å². The monoisotopic (exact) mass is 346 g/mol. The predicted octanol–water partition coefficient (Wildman–Crippen LogP) is 0.358. The molecule has 0 spiro atoms. The lowest BCUT2D eigenvalue weighted by Gasteiger charge is -2.13. The summed E-state index contributed by atoms with van der Waals surface area (Å²) in [6, 6.07) is 5.23. The number of sulfone groups is 1. The zero-order valence-corrected chi connectivity index (χ0v) is 14.4. The highest BCUT2D eigenvalue weighted by Gasteiger charge is 2.27. The zero-order chi connectivity index (χ0) is 16.4. The summed E-state index contributed by atoms with van der Waals surface area (Å²) in [4.78, 5) is 0.288. The smallest absolute Gasteiger partial charge is 0.240 e. The van der Waals surface area contributed by atoms with E-state index < -0.39 is 19.9 Å². The molecule has 124 valence electrons. The van der Waals surface area contributed by atoms with Gasteiger partial charge in [-0.25, -0.2) is 21.6 Å². The molecule has 0 bridgehead atoms. The maximum absolute atomic E-state index is 12.3. The van der Waals surface area contributed by atoms with Crippen molar-refractivity contribution in [2.24, 2.45) is 0 Å². The maximum Gasteiger partial charge on any atom is 0.240 e. The Kier molecular flexibility index (Phi) is 5.26. The number of aryl methyl sites for hydroxylation is 2. The number of hydrogen-bond donors (Lipinski definition) is 2. The first-order chi connectivity index (χ1) is 10.2. The molecule has 22 heavy (non-hydrogen) atoms. The minimum atomic E-state index is -3.54. The predicted molar refractivity (Wildman–Crippen MR) is 86.2 cm³/mol. The van der Waals surface area contributed by atoms with Gasteiger partial charge in [0.25, 0.3) is 0 Å². The summed E-state index contributed by atoms with van der Waals surface area (Å²) in [5.41, 5.74) is 1.59. The fourth-order valence-electron chi connectivity index (χ4n) is 2.49. The van der Waals surface area contributed by atoms with Gasteiger partial charge >= 0.3 is 0 Å². The van der Waals surface area contributed by atoms with Gasteiger partial charge in [0.05, 0.1) is 16.4 Å². The molecule has 0 unspecified atom stereocenters. The van der Waals surface area contributed by atoms with Crippen molar-refractivity contribution in [2.45, 2.75) is 31.2 Å².